The molecule has 1 unspecified atom stereocenters. The molecule has 1 atom stereocenters. The minimum absolute atomic E-state index is 0.0221. The Balaban J connectivity index is 2.02. The number of ether oxygens (including phenoxy) is 1. The standard InChI is InChI=1S/C15H25N3O2S/c1-10(12-18-11(9-21-12)14(2,3)4)17-13(19)15(16)5-7-20-8-6-15/h9-10H,5-8,16H2,1-4H3,(H,17,19). The Morgan fingerprint density at radius 3 is 2.62 bits per heavy atom. The zero-order valence-corrected chi connectivity index (χ0v) is 14.0. The van der Waals surface area contributed by atoms with Crippen molar-refractivity contribution in [3.05, 3.63) is 16.1 Å². The summed E-state index contributed by atoms with van der Waals surface area (Å²) in [5.74, 6) is -0.106. The van der Waals surface area contributed by atoms with Crippen molar-refractivity contribution in [3.63, 3.8) is 0 Å². The maximum atomic E-state index is 12.4. The Morgan fingerprint density at radius 2 is 2.10 bits per heavy atom. The summed E-state index contributed by atoms with van der Waals surface area (Å²) < 4.78 is 5.28. The number of carbonyl (C=O) groups excluding carboxylic acids is 1. The van der Waals surface area contributed by atoms with Crippen LogP contribution in [0.15, 0.2) is 5.38 Å². The van der Waals surface area contributed by atoms with Gasteiger partial charge in [0.15, 0.2) is 0 Å². The molecule has 1 aromatic rings. The summed E-state index contributed by atoms with van der Waals surface area (Å²) >= 11 is 1.58. The second-order valence-corrected chi connectivity index (χ2v) is 7.67. The maximum Gasteiger partial charge on any atom is 0.240 e. The number of carbonyl (C=O) groups is 1. The van der Waals surface area contributed by atoms with E-state index in [1.807, 2.05) is 6.92 Å². The van der Waals surface area contributed by atoms with Crippen LogP contribution in [0.5, 0.6) is 0 Å². The van der Waals surface area contributed by atoms with E-state index >= 15 is 0 Å². The zero-order chi connectivity index (χ0) is 15.7. The van der Waals surface area contributed by atoms with Gasteiger partial charge in [-0.25, -0.2) is 4.98 Å². The van der Waals surface area contributed by atoms with Crippen LogP contribution < -0.4 is 11.1 Å². The summed E-state index contributed by atoms with van der Waals surface area (Å²) in [6.45, 7) is 9.43. The fourth-order valence-corrected chi connectivity index (χ4v) is 3.25. The predicted octanol–water partition coefficient (Wildman–Crippen LogP) is 2.13. The highest BCUT2D eigenvalue weighted by molar-refractivity contribution is 7.09. The van der Waals surface area contributed by atoms with E-state index in [-0.39, 0.29) is 17.4 Å². The van der Waals surface area contributed by atoms with E-state index in [4.69, 9.17) is 10.5 Å². The van der Waals surface area contributed by atoms with Gasteiger partial charge in [-0.3, -0.25) is 4.79 Å². The van der Waals surface area contributed by atoms with Gasteiger partial charge in [0.05, 0.1) is 17.3 Å². The molecule has 1 saturated heterocycles. The molecule has 0 aliphatic carbocycles. The Labute approximate surface area is 130 Å². The topological polar surface area (TPSA) is 77.2 Å². The lowest BCUT2D eigenvalue weighted by molar-refractivity contribution is -0.130. The molecule has 0 radical (unpaired) electrons. The first-order valence-electron chi connectivity index (χ1n) is 7.36. The van der Waals surface area contributed by atoms with Crippen molar-refractivity contribution < 1.29 is 9.53 Å². The average Bonchev–Trinajstić information content (AvgIpc) is 2.89. The fraction of sp³-hybridized carbons (Fsp3) is 0.733. The van der Waals surface area contributed by atoms with Gasteiger partial charge in [-0.1, -0.05) is 20.8 Å². The largest absolute Gasteiger partial charge is 0.381 e. The van der Waals surface area contributed by atoms with Crippen LogP contribution in [0, 0.1) is 0 Å². The molecule has 0 bridgehead atoms. The monoisotopic (exact) mass is 311 g/mol. The highest BCUT2D eigenvalue weighted by Gasteiger charge is 2.36. The van der Waals surface area contributed by atoms with E-state index in [9.17, 15) is 4.79 Å². The van der Waals surface area contributed by atoms with Crippen LogP contribution in [0.4, 0.5) is 0 Å². The molecule has 1 amide bonds. The van der Waals surface area contributed by atoms with E-state index < -0.39 is 5.54 Å². The molecule has 1 aliphatic heterocycles. The van der Waals surface area contributed by atoms with Gasteiger partial charge in [0.1, 0.15) is 5.01 Å². The van der Waals surface area contributed by atoms with Gasteiger partial charge in [-0.05, 0) is 19.8 Å². The molecule has 118 valence electrons. The quantitative estimate of drug-likeness (QED) is 0.896. The van der Waals surface area contributed by atoms with Crippen molar-refractivity contribution in [2.75, 3.05) is 13.2 Å². The van der Waals surface area contributed by atoms with Crippen molar-refractivity contribution in [3.8, 4) is 0 Å². The fourth-order valence-electron chi connectivity index (χ4n) is 2.20. The molecule has 1 fully saturated rings. The number of rotatable bonds is 3. The lowest BCUT2D eigenvalue weighted by Crippen LogP contribution is -2.57. The number of nitrogens with zero attached hydrogens (tertiary/aromatic N) is 1. The SMILES string of the molecule is CC(NC(=O)C1(N)CCOCC1)c1nc(C(C)(C)C)cs1. The summed E-state index contributed by atoms with van der Waals surface area (Å²) in [5, 5.41) is 5.98. The molecule has 2 heterocycles. The Hall–Kier alpha value is -0.980. The third-order valence-electron chi connectivity index (χ3n) is 3.85. The highest BCUT2D eigenvalue weighted by atomic mass is 32.1. The minimum Gasteiger partial charge on any atom is -0.381 e. The molecule has 0 spiro atoms. The molecule has 0 saturated carbocycles. The third-order valence-corrected chi connectivity index (χ3v) is 4.87. The van der Waals surface area contributed by atoms with Crippen molar-refractivity contribution >= 4 is 17.2 Å². The smallest absolute Gasteiger partial charge is 0.240 e. The second-order valence-electron chi connectivity index (χ2n) is 6.78. The molecule has 21 heavy (non-hydrogen) atoms. The first-order chi connectivity index (χ1) is 9.72. The Bertz CT molecular complexity index is 501. The molecule has 1 aromatic heterocycles. The van der Waals surface area contributed by atoms with Gasteiger partial charge in [0.25, 0.3) is 0 Å². The van der Waals surface area contributed by atoms with Crippen molar-refractivity contribution in [2.45, 2.75) is 57.5 Å². The van der Waals surface area contributed by atoms with Gasteiger partial charge in [0.2, 0.25) is 5.91 Å². The Kier molecular flexibility index (Phi) is 4.70. The Morgan fingerprint density at radius 1 is 1.48 bits per heavy atom. The van der Waals surface area contributed by atoms with Gasteiger partial charge in [0, 0.05) is 24.0 Å². The van der Waals surface area contributed by atoms with E-state index in [1.54, 1.807) is 11.3 Å². The lowest BCUT2D eigenvalue weighted by atomic mass is 9.90. The highest BCUT2D eigenvalue weighted by Crippen LogP contribution is 2.27. The molecule has 0 aromatic carbocycles. The number of aromatic nitrogens is 1. The molecule has 6 heteroatoms. The van der Waals surface area contributed by atoms with Crippen molar-refractivity contribution in [1.82, 2.24) is 10.3 Å². The summed E-state index contributed by atoms with van der Waals surface area (Å²) in [6.07, 6.45) is 1.13. The summed E-state index contributed by atoms with van der Waals surface area (Å²) in [6, 6.07) is -0.123. The van der Waals surface area contributed by atoms with Crippen LogP contribution in [-0.2, 0) is 14.9 Å². The van der Waals surface area contributed by atoms with Crippen LogP contribution in [-0.4, -0.2) is 29.6 Å². The van der Waals surface area contributed by atoms with Gasteiger partial charge < -0.3 is 15.8 Å². The predicted molar refractivity (Wildman–Crippen MR) is 84.3 cm³/mol. The van der Waals surface area contributed by atoms with Crippen LogP contribution in [0.25, 0.3) is 0 Å². The molecular weight excluding hydrogens is 286 g/mol. The number of hydrogen-bond donors (Lipinski definition) is 2. The average molecular weight is 311 g/mol. The molecule has 3 N–H and O–H groups in total. The summed E-state index contributed by atoms with van der Waals surface area (Å²) in [4.78, 5) is 17.0. The van der Waals surface area contributed by atoms with Gasteiger partial charge in [-0.2, -0.15) is 0 Å². The maximum absolute atomic E-state index is 12.4. The van der Waals surface area contributed by atoms with Crippen molar-refractivity contribution in [1.29, 1.82) is 0 Å². The normalized spacial score (nSPS) is 20.0. The number of nitrogens with one attached hydrogen (secondary N) is 1. The molecular formula is C15H25N3O2S. The van der Waals surface area contributed by atoms with E-state index in [1.165, 1.54) is 0 Å². The third kappa shape index (κ3) is 3.81. The van der Waals surface area contributed by atoms with Crippen LogP contribution in [0.1, 0.15) is 57.3 Å². The van der Waals surface area contributed by atoms with Crippen LogP contribution in [0.2, 0.25) is 0 Å². The number of hydrogen-bond acceptors (Lipinski definition) is 5. The molecule has 5 nitrogen and oxygen atoms in total. The van der Waals surface area contributed by atoms with Crippen LogP contribution in [0.3, 0.4) is 0 Å². The summed E-state index contributed by atoms with van der Waals surface area (Å²) in [5.41, 5.74) is 6.46. The number of nitrogens with two attached hydrogens (primary N) is 1. The molecule has 1 aliphatic rings. The lowest BCUT2D eigenvalue weighted by Gasteiger charge is -2.32. The number of thiazole rings is 1. The first-order valence-corrected chi connectivity index (χ1v) is 8.24. The second kappa shape index (κ2) is 6.02. The zero-order valence-electron chi connectivity index (χ0n) is 13.2. The van der Waals surface area contributed by atoms with E-state index in [0.29, 0.717) is 26.1 Å². The molecule has 2 rings (SSSR count). The van der Waals surface area contributed by atoms with E-state index in [0.717, 1.165) is 10.7 Å². The van der Waals surface area contributed by atoms with E-state index in [2.05, 4.69) is 36.5 Å². The summed E-state index contributed by atoms with van der Waals surface area (Å²) in [7, 11) is 0. The van der Waals surface area contributed by atoms with Crippen molar-refractivity contribution in [2.24, 2.45) is 5.73 Å². The minimum atomic E-state index is -0.809. The van der Waals surface area contributed by atoms with Gasteiger partial charge >= 0.3 is 0 Å². The first kappa shape index (κ1) is 16.4. The number of amides is 1. The van der Waals surface area contributed by atoms with Crippen LogP contribution >= 0.6 is 11.3 Å². The van der Waals surface area contributed by atoms with Gasteiger partial charge in [-0.15, -0.1) is 11.3 Å².